The molecule has 0 radical (unpaired) electrons. The Morgan fingerprint density at radius 3 is 2.47 bits per heavy atom. The van der Waals surface area contributed by atoms with Crippen molar-refractivity contribution >= 4 is 17.2 Å². The molecule has 1 aromatic heterocycles. The monoisotopic (exact) mass is 499 g/mol. The summed E-state index contributed by atoms with van der Waals surface area (Å²) in [5, 5.41) is 4.72. The number of morpholine rings is 1. The minimum Gasteiger partial charge on any atom is -0.476 e. The maximum absolute atomic E-state index is 6.12. The van der Waals surface area contributed by atoms with Crippen molar-refractivity contribution < 1.29 is 10.9 Å². The number of rotatable bonds is 13. The van der Waals surface area contributed by atoms with Gasteiger partial charge in [-0.2, -0.15) is 10.1 Å². The Hall–Kier alpha value is -2.64. The second-order valence-electron chi connectivity index (χ2n) is 8.73. The van der Waals surface area contributed by atoms with Gasteiger partial charge in [-0.15, -0.1) is 0 Å². The van der Waals surface area contributed by atoms with Crippen molar-refractivity contribution in [1.82, 2.24) is 9.88 Å². The van der Waals surface area contributed by atoms with Gasteiger partial charge in [0.2, 0.25) is 5.88 Å². The Morgan fingerprint density at radius 2 is 1.83 bits per heavy atom. The molecule has 202 valence electrons. The number of hydrogen-bond donors (Lipinski definition) is 1. The molecule has 1 aliphatic rings. The number of benzene rings is 1. The normalized spacial score (nSPS) is 14.1. The molecular weight excluding hydrogens is 450 g/mol. The second-order valence-corrected chi connectivity index (χ2v) is 8.73. The van der Waals surface area contributed by atoms with E-state index >= 15 is 0 Å². The fourth-order valence-corrected chi connectivity index (χ4v) is 4.12. The van der Waals surface area contributed by atoms with Crippen molar-refractivity contribution in [2.75, 3.05) is 62.9 Å². The van der Waals surface area contributed by atoms with Gasteiger partial charge in [0.1, 0.15) is 6.61 Å². The molecule has 1 N–H and O–H groups in total. The fourth-order valence-electron chi connectivity index (χ4n) is 4.12. The molecule has 0 atom stereocenters. The van der Waals surface area contributed by atoms with Crippen LogP contribution < -0.4 is 15.1 Å². The number of hydrogen-bond acceptors (Lipinski definition) is 7. The maximum Gasteiger partial charge on any atom is 0.217 e. The molecule has 1 fully saturated rings. The van der Waals surface area contributed by atoms with E-state index in [4.69, 9.17) is 19.6 Å². The largest absolute Gasteiger partial charge is 0.476 e. The number of ether oxygens (including phenoxy) is 2. The van der Waals surface area contributed by atoms with Crippen molar-refractivity contribution in [3.63, 3.8) is 0 Å². The van der Waals surface area contributed by atoms with E-state index in [1.807, 2.05) is 13.8 Å². The van der Waals surface area contributed by atoms with Gasteiger partial charge in [-0.25, -0.2) is 0 Å². The molecule has 0 spiro atoms. The van der Waals surface area contributed by atoms with E-state index in [1.54, 1.807) is 0 Å². The lowest BCUT2D eigenvalue weighted by Crippen LogP contribution is -2.38. The first kappa shape index (κ1) is 29.6. The standard InChI is InChI=1S/C27H41N5O2.C2H6.H2/c1-5-11-32(12-6-2)24-20-26(30-29-25(7-3)23-10-8-9-22(4)19-23)28-27(21-24)34-18-15-31-13-16-33-17-14-31;1-2;/h8-10,19-21H,5-7,11-18H2,1-4H3,(H,28,30);1-2H3;1H/b29-25+;;. The zero-order chi connectivity index (χ0) is 26.2. The molecule has 1 aliphatic heterocycles. The molecule has 0 aliphatic carbocycles. The lowest BCUT2D eigenvalue weighted by molar-refractivity contribution is 0.0320. The zero-order valence-corrected chi connectivity index (χ0v) is 23.3. The van der Waals surface area contributed by atoms with Crippen LogP contribution >= 0.6 is 0 Å². The van der Waals surface area contributed by atoms with E-state index in [2.05, 4.69) is 79.3 Å². The molecule has 7 nitrogen and oxygen atoms in total. The quantitative estimate of drug-likeness (QED) is 0.261. The highest BCUT2D eigenvalue weighted by atomic mass is 16.5. The van der Waals surface area contributed by atoms with E-state index in [1.165, 1.54) is 5.56 Å². The molecule has 36 heavy (non-hydrogen) atoms. The highest BCUT2D eigenvalue weighted by Crippen LogP contribution is 2.25. The smallest absolute Gasteiger partial charge is 0.217 e. The van der Waals surface area contributed by atoms with Gasteiger partial charge >= 0.3 is 0 Å². The molecule has 7 heteroatoms. The van der Waals surface area contributed by atoms with Gasteiger partial charge in [0.25, 0.3) is 0 Å². The Morgan fingerprint density at radius 1 is 1.11 bits per heavy atom. The average Bonchev–Trinajstić information content (AvgIpc) is 2.91. The van der Waals surface area contributed by atoms with Gasteiger partial charge in [0.15, 0.2) is 5.82 Å². The maximum atomic E-state index is 6.12. The number of nitrogens with one attached hydrogen (secondary N) is 1. The van der Waals surface area contributed by atoms with Gasteiger partial charge < -0.3 is 14.4 Å². The van der Waals surface area contributed by atoms with Crippen LogP contribution in [0.4, 0.5) is 11.5 Å². The average molecular weight is 500 g/mol. The fraction of sp³-hybridized carbons (Fsp3) is 0.586. The molecule has 1 saturated heterocycles. The summed E-state index contributed by atoms with van der Waals surface area (Å²) in [5.41, 5.74) is 7.70. The summed E-state index contributed by atoms with van der Waals surface area (Å²) in [6.45, 7) is 19.6. The summed E-state index contributed by atoms with van der Waals surface area (Å²) >= 11 is 0. The van der Waals surface area contributed by atoms with E-state index in [-0.39, 0.29) is 1.43 Å². The van der Waals surface area contributed by atoms with Gasteiger partial charge in [0, 0.05) is 52.0 Å². The second kappa shape index (κ2) is 16.9. The van der Waals surface area contributed by atoms with Crippen molar-refractivity contribution in [2.45, 2.75) is 60.8 Å². The van der Waals surface area contributed by atoms with Gasteiger partial charge in [0.05, 0.1) is 18.9 Å². The molecule has 1 aromatic carbocycles. The summed E-state index contributed by atoms with van der Waals surface area (Å²) in [7, 11) is 0. The predicted molar refractivity (Wildman–Crippen MR) is 155 cm³/mol. The third kappa shape index (κ3) is 9.78. The Bertz CT molecular complexity index is 913. The number of nitrogens with zero attached hydrogens (tertiary/aromatic N) is 4. The lowest BCUT2D eigenvalue weighted by atomic mass is 10.1. The first-order chi connectivity index (χ1) is 17.6. The molecule has 2 heterocycles. The van der Waals surface area contributed by atoms with Gasteiger partial charge in [-0.05, 0) is 31.7 Å². The summed E-state index contributed by atoms with van der Waals surface area (Å²) in [5.74, 6) is 1.34. The van der Waals surface area contributed by atoms with Crippen LogP contribution in [0.15, 0.2) is 41.5 Å². The highest BCUT2D eigenvalue weighted by Gasteiger charge is 2.13. The Balaban J connectivity index is 0.00000223. The van der Waals surface area contributed by atoms with Gasteiger partial charge in [-0.1, -0.05) is 64.4 Å². The predicted octanol–water partition coefficient (Wildman–Crippen LogP) is 6.23. The number of pyridine rings is 1. The molecule has 0 unspecified atom stereocenters. The van der Waals surface area contributed by atoms with Crippen molar-refractivity contribution in [3.8, 4) is 5.88 Å². The van der Waals surface area contributed by atoms with Crippen LogP contribution in [0.3, 0.4) is 0 Å². The van der Waals surface area contributed by atoms with Crippen LogP contribution in [0.5, 0.6) is 5.88 Å². The van der Waals surface area contributed by atoms with E-state index in [0.717, 1.165) is 82.2 Å². The molecule has 0 bridgehead atoms. The summed E-state index contributed by atoms with van der Waals surface area (Å²) < 4.78 is 11.6. The van der Waals surface area contributed by atoms with Crippen molar-refractivity contribution in [2.24, 2.45) is 5.10 Å². The first-order valence-corrected chi connectivity index (χ1v) is 13.7. The summed E-state index contributed by atoms with van der Waals surface area (Å²) in [6.07, 6.45) is 3.00. The minimum atomic E-state index is 0. The van der Waals surface area contributed by atoms with E-state index < -0.39 is 0 Å². The van der Waals surface area contributed by atoms with Crippen LogP contribution in [0.1, 0.15) is 66.4 Å². The number of anilines is 2. The number of hydrazone groups is 1. The molecule has 2 aromatic rings. The number of aryl methyl sites for hydroxylation is 1. The van der Waals surface area contributed by atoms with Crippen LogP contribution in [-0.2, 0) is 4.74 Å². The molecule has 3 rings (SSSR count). The van der Waals surface area contributed by atoms with E-state index in [9.17, 15) is 0 Å². The van der Waals surface area contributed by atoms with Crippen molar-refractivity contribution in [1.29, 1.82) is 0 Å². The molecular formula is C29H49N5O2. The lowest BCUT2D eigenvalue weighted by Gasteiger charge is -2.27. The van der Waals surface area contributed by atoms with Crippen molar-refractivity contribution in [3.05, 3.63) is 47.5 Å². The molecule has 0 amide bonds. The Kier molecular flexibility index (Phi) is 13.9. The third-order valence-corrected chi connectivity index (χ3v) is 5.89. The van der Waals surface area contributed by atoms with Crippen LogP contribution in [0.25, 0.3) is 0 Å². The minimum absolute atomic E-state index is 0. The zero-order valence-electron chi connectivity index (χ0n) is 23.3. The summed E-state index contributed by atoms with van der Waals surface area (Å²) in [4.78, 5) is 9.49. The van der Waals surface area contributed by atoms with Gasteiger partial charge in [-0.3, -0.25) is 10.3 Å². The highest BCUT2D eigenvalue weighted by molar-refractivity contribution is 6.00. The topological polar surface area (TPSA) is 62.2 Å². The SMILES string of the molecule is CC.CCCN(CCC)c1cc(N/N=C(\CC)c2cccc(C)c2)nc(OCCN2CCOCC2)c1.[HH]. The summed E-state index contributed by atoms with van der Waals surface area (Å²) in [6, 6.07) is 12.6. The van der Waals surface area contributed by atoms with E-state index in [0.29, 0.717) is 18.3 Å². The number of aromatic nitrogens is 1. The van der Waals surface area contributed by atoms with Crippen LogP contribution in [-0.4, -0.2) is 68.1 Å². The third-order valence-electron chi connectivity index (χ3n) is 5.89. The Labute approximate surface area is 220 Å². The first-order valence-electron chi connectivity index (χ1n) is 13.7. The molecule has 0 saturated carbocycles. The van der Waals surface area contributed by atoms with Crippen LogP contribution in [0, 0.1) is 6.92 Å². The van der Waals surface area contributed by atoms with Crippen LogP contribution in [0.2, 0.25) is 0 Å².